The van der Waals surface area contributed by atoms with Gasteiger partial charge in [0.2, 0.25) is 5.43 Å². The lowest BCUT2D eigenvalue weighted by Crippen LogP contribution is -2.32. The summed E-state index contributed by atoms with van der Waals surface area (Å²) in [4.78, 5) is 26.6. The second kappa shape index (κ2) is 9.70. The van der Waals surface area contributed by atoms with Crippen LogP contribution in [0.5, 0.6) is 5.75 Å². The first-order chi connectivity index (χ1) is 15.5. The van der Waals surface area contributed by atoms with Crippen LogP contribution in [0.1, 0.15) is 42.6 Å². The molecular weight excluding hydrogens is 450 g/mol. The van der Waals surface area contributed by atoms with Gasteiger partial charge in [0.15, 0.2) is 5.75 Å². The zero-order valence-corrected chi connectivity index (χ0v) is 20.1. The van der Waals surface area contributed by atoms with E-state index in [2.05, 4.69) is 17.1 Å². The van der Waals surface area contributed by atoms with Crippen LogP contribution in [0.4, 0.5) is 5.69 Å². The van der Waals surface area contributed by atoms with Gasteiger partial charge in [0.05, 0.1) is 30.0 Å². The van der Waals surface area contributed by atoms with E-state index in [0.29, 0.717) is 34.9 Å². The highest BCUT2D eigenvalue weighted by molar-refractivity contribution is 7.85. The number of pyridine rings is 1. The van der Waals surface area contributed by atoms with Gasteiger partial charge in [-0.3, -0.25) is 9.35 Å². The Morgan fingerprint density at radius 1 is 1.27 bits per heavy atom. The zero-order valence-electron chi connectivity index (χ0n) is 19.2. The molecule has 1 aromatic heterocycles. The quantitative estimate of drug-likeness (QED) is 0.529. The van der Waals surface area contributed by atoms with E-state index in [1.807, 2.05) is 17.7 Å². The topological polar surface area (TPSA) is 138 Å². The molecule has 0 radical (unpaired) electrons. The van der Waals surface area contributed by atoms with Crippen molar-refractivity contribution in [2.75, 3.05) is 38.4 Å². The predicted molar refractivity (Wildman–Crippen MR) is 126 cm³/mol. The van der Waals surface area contributed by atoms with Crippen molar-refractivity contribution in [2.45, 2.75) is 38.3 Å². The molecule has 11 heteroatoms. The second-order valence-corrected chi connectivity index (χ2v) is 10.1. The first-order valence-corrected chi connectivity index (χ1v) is 12.6. The molecule has 0 bridgehead atoms. The lowest BCUT2D eigenvalue weighted by molar-refractivity contribution is 0.0694. The average molecular weight is 482 g/mol. The summed E-state index contributed by atoms with van der Waals surface area (Å²) in [6.07, 6.45) is 5.27. The molecule has 1 saturated carbocycles. The van der Waals surface area contributed by atoms with Crippen molar-refractivity contribution in [2.24, 2.45) is 5.92 Å². The largest absolute Gasteiger partial charge is 0.492 e. The second-order valence-electron chi connectivity index (χ2n) is 8.63. The van der Waals surface area contributed by atoms with Crippen LogP contribution in [0.3, 0.4) is 0 Å². The highest BCUT2D eigenvalue weighted by Gasteiger charge is 2.32. The predicted octanol–water partition coefficient (Wildman–Crippen LogP) is 1.98. The number of aromatic carboxylic acids is 1. The number of carboxylic acid groups (broad SMARTS) is 1. The van der Waals surface area contributed by atoms with E-state index in [0.717, 1.165) is 38.0 Å². The molecule has 4 rings (SSSR count). The van der Waals surface area contributed by atoms with Crippen molar-refractivity contribution in [3.63, 3.8) is 0 Å². The molecule has 0 spiro atoms. The number of benzene rings is 1. The number of rotatable bonds is 6. The summed E-state index contributed by atoms with van der Waals surface area (Å²) >= 11 is 0. The highest BCUT2D eigenvalue weighted by atomic mass is 32.2. The lowest BCUT2D eigenvalue weighted by Gasteiger charge is -2.25. The Bertz CT molecular complexity index is 1200. The Hall–Kier alpha value is -2.63. The molecule has 1 saturated heterocycles. The fraction of sp³-hybridized carbons (Fsp3) is 0.545. The average Bonchev–Trinajstić information content (AvgIpc) is 3.47. The number of anilines is 1. The number of hydrogen-bond acceptors (Lipinski definition) is 7. The van der Waals surface area contributed by atoms with Gasteiger partial charge in [-0.05, 0) is 51.3 Å². The third-order valence-corrected chi connectivity index (χ3v) is 6.23. The number of fused-ring (bicyclic) bond motifs is 1. The molecule has 2 fully saturated rings. The van der Waals surface area contributed by atoms with Gasteiger partial charge in [0.25, 0.3) is 10.1 Å². The molecule has 0 amide bonds. The molecule has 1 aromatic carbocycles. The monoisotopic (exact) mass is 481 g/mol. The molecular formula is C22H31N3O7S. The van der Waals surface area contributed by atoms with Crippen LogP contribution in [0.25, 0.3) is 10.9 Å². The van der Waals surface area contributed by atoms with E-state index < -0.39 is 21.5 Å². The SMILES string of the molecule is CN[C@@H](C)[C@@H]1CCN(c2ccc3c(=O)c(C(=O)O)cn(C4CC4)c3c2OC)C1.CS(=O)(=O)O. The maximum absolute atomic E-state index is 12.8. The molecule has 2 heterocycles. The van der Waals surface area contributed by atoms with Crippen molar-refractivity contribution in [3.8, 4) is 5.75 Å². The van der Waals surface area contributed by atoms with Crippen molar-refractivity contribution < 1.29 is 27.6 Å². The van der Waals surface area contributed by atoms with Crippen LogP contribution in [0.15, 0.2) is 23.1 Å². The van der Waals surface area contributed by atoms with E-state index >= 15 is 0 Å². The molecule has 3 N–H and O–H groups in total. The number of carbonyl (C=O) groups is 1. The maximum Gasteiger partial charge on any atom is 0.341 e. The van der Waals surface area contributed by atoms with Gasteiger partial charge in [-0.2, -0.15) is 8.42 Å². The van der Waals surface area contributed by atoms with Gasteiger partial charge in [0.1, 0.15) is 5.56 Å². The van der Waals surface area contributed by atoms with Gasteiger partial charge in [-0.1, -0.05) is 0 Å². The molecule has 2 aromatic rings. The Kier molecular flexibility index (Phi) is 7.35. The molecule has 1 aliphatic heterocycles. The Labute approximate surface area is 192 Å². The first kappa shape index (κ1) is 25.0. The summed E-state index contributed by atoms with van der Waals surface area (Å²) in [5.74, 6) is 0.0226. The van der Waals surface area contributed by atoms with Crippen LogP contribution in [0.2, 0.25) is 0 Å². The van der Waals surface area contributed by atoms with E-state index in [4.69, 9.17) is 9.29 Å². The fourth-order valence-electron chi connectivity index (χ4n) is 4.30. The number of nitrogens with zero attached hydrogens (tertiary/aromatic N) is 2. The molecule has 33 heavy (non-hydrogen) atoms. The van der Waals surface area contributed by atoms with Crippen LogP contribution in [-0.2, 0) is 10.1 Å². The maximum atomic E-state index is 12.8. The Morgan fingerprint density at radius 2 is 1.91 bits per heavy atom. The van der Waals surface area contributed by atoms with Gasteiger partial charge >= 0.3 is 5.97 Å². The van der Waals surface area contributed by atoms with Crippen molar-refractivity contribution >= 4 is 32.7 Å². The third kappa shape index (κ3) is 5.66. The number of methoxy groups -OCH3 is 1. The smallest absolute Gasteiger partial charge is 0.341 e. The summed E-state index contributed by atoms with van der Waals surface area (Å²) < 4.78 is 33.6. The van der Waals surface area contributed by atoms with Gasteiger partial charge in [-0.15, -0.1) is 0 Å². The van der Waals surface area contributed by atoms with Crippen LogP contribution in [-0.4, -0.2) is 68.2 Å². The van der Waals surface area contributed by atoms with Crippen molar-refractivity contribution in [3.05, 3.63) is 34.1 Å². The highest BCUT2D eigenvalue weighted by Crippen LogP contribution is 2.43. The van der Waals surface area contributed by atoms with Crippen LogP contribution >= 0.6 is 0 Å². The molecule has 10 nitrogen and oxygen atoms in total. The van der Waals surface area contributed by atoms with Gasteiger partial charge in [0, 0.05) is 31.4 Å². The molecule has 0 unspecified atom stereocenters. The molecule has 1 aliphatic carbocycles. The van der Waals surface area contributed by atoms with Gasteiger partial charge < -0.3 is 24.6 Å². The summed E-state index contributed by atoms with van der Waals surface area (Å²) in [6.45, 7) is 4.05. The van der Waals surface area contributed by atoms with Crippen molar-refractivity contribution in [1.82, 2.24) is 9.88 Å². The number of aromatic nitrogens is 1. The van der Waals surface area contributed by atoms with E-state index in [-0.39, 0.29) is 11.6 Å². The Morgan fingerprint density at radius 3 is 2.42 bits per heavy atom. The minimum Gasteiger partial charge on any atom is -0.492 e. The number of ether oxygens (including phenoxy) is 1. The van der Waals surface area contributed by atoms with Crippen LogP contribution in [0, 0.1) is 5.92 Å². The molecule has 2 atom stereocenters. The summed E-state index contributed by atoms with van der Waals surface area (Å²) in [5, 5.41) is 13.2. The third-order valence-electron chi connectivity index (χ3n) is 6.23. The zero-order chi connectivity index (χ0) is 24.5. The number of hydrogen-bond donors (Lipinski definition) is 3. The van der Waals surface area contributed by atoms with Gasteiger partial charge in [-0.25, -0.2) is 4.79 Å². The summed E-state index contributed by atoms with van der Waals surface area (Å²) in [7, 11) is -0.0623. The molecule has 2 aliphatic rings. The van der Waals surface area contributed by atoms with E-state index in [1.165, 1.54) is 6.20 Å². The van der Waals surface area contributed by atoms with E-state index in [9.17, 15) is 23.1 Å². The minimum absolute atomic E-state index is 0.182. The normalized spacial score (nSPS) is 19.2. The lowest BCUT2D eigenvalue weighted by atomic mass is 10.0. The number of carboxylic acids is 1. The van der Waals surface area contributed by atoms with Crippen molar-refractivity contribution in [1.29, 1.82) is 0 Å². The standard InChI is InChI=1S/C21H27N3O4.CH4O3S/c1-12(22-2)13-8-9-23(10-13)17-7-6-15-18(20(17)28-3)24(14-4-5-14)11-16(19(15)25)21(26)27;1-5(2,3)4/h6-7,11-14,22H,4-5,8-10H2,1-3H3,(H,26,27);1H3,(H,2,3,4)/t12-,13+;/m0./s1. The van der Waals surface area contributed by atoms with E-state index in [1.54, 1.807) is 13.2 Å². The summed E-state index contributed by atoms with van der Waals surface area (Å²) in [5.41, 5.74) is 1.05. The minimum atomic E-state index is -3.67. The number of nitrogens with one attached hydrogen (secondary N) is 1. The summed E-state index contributed by atoms with van der Waals surface area (Å²) in [6, 6.07) is 4.31. The first-order valence-electron chi connectivity index (χ1n) is 10.8. The molecule has 182 valence electrons. The Balaban J connectivity index is 0.000000555. The van der Waals surface area contributed by atoms with Crippen LogP contribution < -0.4 is 20.4 Å². The fourth-order valence-corrected chi connectivity index (χ4v) is 4.30.